The molecule has 0 bridgehead atoms. The Balaban J connectivity index is 3.15. The third-order valence-electron chi connectivity index (χ3n) is 2.44. The summed E-state index contributed by atoms with van der Waals surface area (Å²) in [6.07, 6.45) is 3.76. The summed E-state index contributed by atoms with van der Waals surface area (Å²) in [6, 6.07) is 1.33. The van der Waals surface area contributed by atoms with Gasteiger partial charge in [0.05, 0.1) is 0 Å². The van der Waals surface area contributed by atoms with Crippen LogP contribution in [0.1, 0.15) is 47.0 Å². The molecule has 0 aromatic rings. The van der Waals surface area contributed by atoms with Gasteiger partial charge in [0.15, 0.2) is 0 Å². The van der Waals surface area contributed by atoms with Crippen molar-refractivity contribution in [1.82, 2.24) is 10.6 Å². The summed E-state index contributed by atoms with van der Waals surface area (Å²) >= 11 is 0. The largest absolute Gasteiger partial charge is 0.313 e. The number of hydrogen-bond acceptors (Lipinski definition) is 2. The summed E-state index contributed by atoms with van der Waals surface area (Å²) in [6.45, 7) is 11.1. The molecule has 0 radical (unpaired) electrons. The topological polar surface area (TPSA) is 24.1 Å². The summed E-state index contributed by atoms with van der Waals surface area (Å²) in [7, 11) is 0. The molecule has 0 amide bonds. The van der Waals surface area contributed by atoms with Crippen molar-refractivity contribution < 1.29 is 0 Å². The second kappa shape index (κ2) is 8.52. The zero-order chi connectivity index (χ0) is 10.1. The predicted octanol–water partition coefficient (Wildman–Crippen LogP) is 2.15. The Labute approximate surface area is 83.5 Å². The van der Waals surface area contributed by atoms with E-state index in [2.05, 4.69) is 38.3 Å². The van der Waals surface area contributed by atoms with Gasteiger partial charge in [-0.15, -0.1) is 0 Å². The van der Waals surface area contributed by atoms with Crippen molar-refractivity contribution in [2.24, 2.45) is 0 Å². The van der Waals surface area contributed by atoms with E-state index in [1.165, 1.54) is 19.3 Å². The lowest BCUT2D eigenvalue weighted by Gasteiger charge is -2.15. The van der Waals surface area contributed by atoms with E-state index in [9.17, 15) is 0 Å². The van der Waals surface area contributed by atoms with Crippen LogP contribution < -0.4 is 10.6 Å². The van der Waals surface area contributed by atoms with Crippen LogP contribution in [0.4, 0.5) is 0 Å². The lowest BCUT2D eigenvalue weighted by molar-refractivity contribution is 0.470. The molecule has 0 spiro atoms. The number of nitrogens with one attached hydrogen (secondary N) is 2. The zero-order valence-electron chi connectivity index (χ0n) is 9.69. The van der Waals surface area contributed by atoms with E-state index in [4.69, 9.17) is 0 Å². The van der Waals surface area contributed by atoms with Crippen LogP contribution in [0.25, 0.3) is 0 Å². The van der Waals surface area contributed by atoms with E-state index in [1.54, 1.807) is 0 Å². The molecule has 0 aromatic heterocycles. The Bertz CT molecular complexity index is 104. The molecule has 0 aromatic carbocycles. The highest BCUT2D eigenvalue weighted by Crippen LogP contribution is 1.93. The van der Waals surface area contributed by atoms with Crippen molar-refractivity contribution in [2.45, 2.75) is 59.0 Å². The normalized spacial score (nSPS) is 15.7. The monoisotopic (exact) mass is 186 g/mol. The van der Waals surface area contributed by atoms with Crippen LogP contribution in [-0.4, -0.2) is 25.2 Å². The summed E-state index contributed by atoms with van der Waals surface area (Å²) < 4.78 is 0. The molecule has 0 aliphatic heterocycles. The highest BCUT2D eigenvalue weighted by Gasteiger charge is 1.99. The molecule has 0 aliphatic rings. The van der Waals surface area contributed by atoms with Gasteiger partial charge in [-0.1, -0.05) is 20.3 Å². The molecule has 0 saturated carbocycles. The van der Waals surface area contributed by atoms with Gasteiger partial charge in [0.2, 0.25) is 0 Å². The van der Waals surface area contributed by atoms with E-state index in [-0.39, 0.29) is 0 Å². The van der Waals surface area contributed by atoms with Crippen molar-refractivity contribution in [3.63, 3.8) is 0 Å². The van der Waals surface area contributed by atoms with Gasteiger partial charge in [0, 0.05) is 25.2 Å². The highest BCUT2D eigenvalue weighted by atomic mass is 15.0. The molecule has 80 valence electrons. The third-order valence-corrected chi connectivity index (χ3v) is 2.44. The maximum atomic E-state index is 3.50. The van der Waals surface area contributed by atoms with E-state index < -0.39 is 0 Å². The van der Waals surface area contributed by atoms with Crippen LogP contribution in [0.3, 0.4) is 0 Å². The molecule has 2 atom stereocenters. The summed E-state index contributed by atoms with van der Waals surface area (Å²) in [5, 5.41) is 6.97. The van der Waals surface area contributed by atoms with Crippen molar-refractivity contribution >= 4 is 0 Å². The third kappa shape index (κ3) is 8.26. The number of rotatable bonds is 8. The molecule has 0 heterocycles. The Morgan fingerprint density at radius 3 is 1.92 bits per heavy atom. The predicted molar refractivity (Wildman–Crippen MR) is 60.1 cm³/mol. The molecular weight excluding hydrogens is 160 g/mol. The van der Waals surface area contributed by atoms with Gasteiger partial charge in [0.1, 0.15) is 0 Å². The van der Waals surface area contributed by atoms with Crippen molar-refractivity contribution in [1.29, 1.82) is 0 Å². The molecule has 2 heteroatoms. The first-order valence-electron chi connectivity index (χ1n) is 5.67. The Morgan fingerprint density at radius 2 is 1.46 bits per heavy atom. The molecule has 2 nitrogen and oxygen atoms in total. The van der Waals surface area contributed by atoms with E-state index in [0.29, 0.717) is 12.1 Å². The Hall–Kier alpha value is -0.0800. The van der Waals surface area contributed by atoms with Crippen LogP contribution >= 0.6 is 0 Å². The van der Waals surface area contributed by atoms with Crippen molar-refractivity contribution in [3.05, 3.63) is 0 Å². The first-order chi connectivity index (χ1) is 6.20. The lowest BCUT2D eigenvalue weighted by atomic mass is 10.2. The van der Waals surface area contributed by atoms with Crippen molar-refractivity contribution in [3.8, 4) is 0 Å². The van der Waals surface area contributed by atoms with Gasteiger partial charge in [-0.25, -0.2) is 0 Å². The fraction of sp³-hybridized carbons (Fsp3) is 1.00. The van der Waals surface area contributed by atoms with E-state index in [0.717, 1.165) is 13.1 Å². The SMILES string of the molecule is CCCC(C)NCCNC(C)CC. The van der Waals surface area contributed by atoms with Crippen LogP contribution in [0.5, 0.6) is 0 Å². The molecule has 0 fully saturated rings. The minimum Gasteiger partial charge on any atom is -0.313 e. The minimum atomic E-state index is 0.656. The molecular formula is C11H26N2. The Morgan fingerprint density at radius 1 is 0.923 bits per heavy atom. The average molecular weight is 186 g/mol. The smallest absolute Gasteiger partial charge is 0.00793 e. The summed E-state index contributed by atoms with van der Waals surface area (Å²) in [4.78, 5) is 0. The van der Waals surface area contributed by atoms with E-state index >= 15 is 0 Å². The number of hydrogen-bond donors (Lipinski definition) is 2. The molecule has 0 aliphatic carbocycles. The fourth-order valence-corrected chi connectivity index (χ4v) is 1.32. The molecule has 0 rings (SSSR count). The van der Waals surface area contributed by atoms with Gasteiger partial charge in [-0.3, -0.25) is 0 Å². The first kappa shape index (κ1) is 12.9. The second-order valence-electron chi connectivity index (χ2n) is 3.91. The second-order valence-corrected chi connectivity index (χ2v) is 3.91. The van der Waals surface area contributed by atoms with Gasteiger partial charge in [-0.2, -0.15) is 0 Å². The van der Waals surface area contributed by atoms with Gasteiger partial charge in [-0.05, 0) is 26.7 Å². The van der Waals surface area contributed by atoms with E-state index in [1.807, 2.05) is 0 Å². The molecule has 0 saturated heterocycles. The average Bonchev–Trinajstić information content (AvgIpc) is 2.12. The van der Waals surface area contributed by atoms with Gasteiger partial charge in [0.25, 0.3) is 0 Å². The van der Waals surface area contributed by atoms with Gasteiger partial charge >= 0.3 is 0 Å². The summed E-state index contributed by atoms with van der Waals surface area (Å²) in [5.74, 6) is 0. The first-order valence-corrected chi connectivity index (χ1v) is 5.67. The zero-order valence-corrected chi connectivity index (χ0v) is 9.69. The Kier molecular flexibility index (Phi) is 8.46. The summed E-state index contributed by atoms with van der Waals surface area (Å²) in [5.41, 5.74) is 0. The molecule has 13 heavy (non-hydrogen) atoms. The minimum absolute atomic E-state index is 0.656. The standard InChI is InChI=1S/C11H26N2/c1-5-7-11(4)13-9-8-12-10(3)6-2/h10-13H,5-9H2,1-4H3. The van der Waals surface area contributed by atoms with Crippen molar-refractivity contribution in [2.75, 3.05) is 13.1 Å². The molecule has 2 N–H and O–H groups in total. The maximum Gasteiger partial charge on any atom is 0.00793 e. The lowest BCUT2D eigenvalue weighted by Crippen LogP contribution is -2.36. The van der Waals surface area contributed by atoms with Crippen LogP contribution in [0, 0.1) is 0 Å². The van der Waals surface area contributed by atoms with Crippen LogP contribution in [0.2, 0.25) is 0 Å². The van der Waals surface area contributed by atoms with Crippen LogP contribution in [-0.2, 0) is 0 Å². The maximum absolute atomic E-state index is 3.50. The highest BCUT2D eigenvalue weighted by molar-refractivity contribution is 4.63. The van der Waals surface area contributed by atoms with Crippen LogP contribution in [0.15, 0.2) is 0 Å². The quantitative estimate of drug-likeness (QED) is 0.568. The molecule has 2 unspecified atom stereocenters. The van der Waals surface area contributed by atoms with Gasteiger partial charge < -0.3 is 10.6 Å². The fourth-order valence-electron chi connectivity index (χ4n) is 1.32.